The van der Waals surface area contributed by atoms with Crippen LogP contribution in [0.15, 0.2) is 24.6 Å². The van der Waals surface area contributed by atoms with Crippen molar-refractivity contribution in [3.05, 3.63) is 24.6 Å². The highest BCUT2D eigenvalue weighted by Gasteiger charge is 2.15. The normalized spacial score (nSPS) is 18.5. The fourth-order valence-corrected chi connectivity index (χ4v) is 1.21. The summed E-state index contributed by atoms with van der Waals surface area (Å²) in [4.78, 5) is 13.0. The Hall–Kier alpha value is -1.45. The molecule has 0 aromatic heterocycles. The quantitative estimate of drug-likeness (QED) is 0.381. The number of hydrogen-bond acceptors (Lipinski definition) is 4. The number of carbonyl (C=O) groups excluding carboxylic acids is 1. The van der Waals surface area contributed by atoms with Gasteiger partial charge in [0.2, 0.25) is 0 Å². The standard InChI is InChI=1S/C9H14N2O2/c1-3-5-11-6-4-10-8(11)7-9(12)13-2/h3,7,10H,1,4-6H2,2H3/b8-7+. The molecular weight excluding hydrogens is 168 g/mol. The third-order valence-electron chi connectivity index (χ3n) is 1.83. The van der Waals surface area contributed by atoms with Gasteiger partial charge in [-0.05, 0) is 0 Å². The highest BCUT2D eigenvalue weighted by Crippen LogP contribution is 2.06. The Balaban J connectivity index is 2.61. The van der Waals surface area contributed by atoms with E-state index in [0.717, 1.165) is 25.5 Å². The Morgan fingerprint density at radius 3 is 3.23 bits per heavy atom. The van der Waals surface area contributed by atoms with Crippen LogP contribution in [-0.4, -0.2) is 37.6 Å². The highest BCUT2D eigenvalue weighted by atomic mass is 16.5. The van der Waals surface area contributed by atoms with E-state index in [2.05, 4.69) is 16.6 Å². The van der Waals surface area contributed by atoms with Crippen LogP contribution in [0.25, 0.3) is 0 Å². The van der Waals surface area contributed by atoms with Crippen molar-refractivity contribution >= 4 is 5.97 Å². The maximum atomic E-state index is 10.9. The first kappa shape index (κ1) is 9.64. The number of rotatable bonds is 3. The molecule has 13 heavy (non-hydrogen) atoms. The van der Waals surface area contributed by atoms with E-state index in [1.54, 1.807) is 6.08 Å². The molecule has 0 saturated carbocycles. The molecule has 1 saturated heterocycles. The lowest BCUT2D eigenvalue weighted by molar-refractivity contribution is -0.135. The summed E-state index contributed by atoms with van der Waals surface area (Å²) in [6.45, 7) is 6.15. The summed E-state index contributed by atoms with van der Waals surface area (Å²) < 4.78 is 4.53. The molecule has 72 valence electrons. The molecule has 1 aliphatic rings. The first-order chi connectivity index (χ1) is 6.27. The van der Waals surface area contributed by atoms with Crippen molar-refractivity contribution < 1.29 is 9.53 Å². The maximum Gasteiger partial charge on any atom is 0.334 e. The fourth-order valence-electron chi connectivity index (χ4n) is 1.21. The molecule has 4 heteroatoms. The predicted octanol–water partition coefficient (Wildman–Crippen LogP) is 0.0920. The second kappa shape index (κ2) is 4.54. The summed E-state index contributed by atoms with van der Waals surface area (Å²) in [5, 5.41) is 3.10. The fraction of sp³-hybridized carbons (Fsp3) is 0.444. The van der Waals surface area contributed by atoms with Crippen LogP contribution in [0, 0.1) is 0 Å². The van der Waals surface area contributed by atoms with E-state index in [4.69, 9.17) is 0 Å². The van der Waals surface area contributed by atoms with E-state index in [1.165, 1.54) is 13.2 Å². The molecule has 0 radical (unpaired) electrons. The summed E-state index contributed by atoms with van der Waals surface area (Å²) in [5.74, 6) is 0.477. The minimum Gasteiger partial charge on any atom is -0.466 e. The zero-order valence-corrected chi connectivity index (χ0v) is 7.75. The van der Waals surface area contributed by atoms with Crippen molar-refractivity contribution in [3.63, 3.8) is 0 Å². The monoisotopic (exact) mass is 182 g/mol. The number of ether oxygens (including phenoxy) is 1. The van der Waals surface area contributed by atoms with E-state index in [-0.39, 0.29) is 5.97 Å². The number of hydrogen-bond donors (Lipinski definition) is 1. The summed E-state index contributed by atoms with van der Waals surface area (Å²) in [6.07, 6.45) is 3.26. The van der Waals surface area contributed by atoms with Gasteiger partial charge in [-0.3, -0.25) is 0 Å². The van der Waals surface area contributed by atoms with Gasteiger partial charge in [-0.15, -0.1) is 6.58 Å². The second-order valence-electron chi connectivity index (χ2n) is 2.71. The molecule has 1 N–H and O–H groups in total. The molecular formula is C9H14N2O2. The molecule has 0 amide bonds. The molecule has 1 heterocycles. The minimum atomic E-state index is -0.335. The zero-order valence-electron chi connectivity index (χ0n) is 7.75. The number of nitrogens with zero attached hydrogens (tertiary/aromatic N) is 1. The Labute approximate surface area is 77.9 Å². The average Bonchev–Trinajstić information content (AvgIpc) is 2.54. The molecule has 0 aliphatic carbocycles. The molecule has 0 aromatic rings. The summed E-state index contributed by atoms with van der Waals surface area (Å²) in [7, 11) is 1.37. The third-order valence-corrected chi connectivity index (χ3v) is 1.83. The van der Waals surface area contributed by atoms with Gasteiger partial charge in [-0.25, -0.2) is 4.79 Å². The molecule has 0 bridgehead atoms. The zero-order chi connectivity index (χ0) is 9.68. The van der Waals surface area contributed by atoms with Crippen molar-refractivity contribution in [1.29, 1.82) is 0 Å². The van der Waals surface area contributed by atoms with E-state index in [0.29, 0.717) is 0 Å². The van der Waals surface area contributed by atoms with Crippen molar-refractivity contribution in [3.8, 4) is 0 Å². The van der Waals surface area contributed by atoms with Crippen molar-refractivity contribution in [2.45, 2.75) is 0 Å². The molecule has 1 rings (SSSR count). The first-order valence-corrected chi connectivity index (χ1v) is 4.17. The summed E-state index contributed by atoms with van der Waals surface area (Å²) in [6, 6.07) is 0. The van der Waals surface area contributed by atoms with Gasteiger partial charge in [-0.2, -0.15) is 0 Å². The molecule has 0 unspecified atom stereocenters. The van der Waals surface area contributed by atoms with E-state index >= 15 is 0 Å². The molecule has 0 atom stereocenters. The van der Waals surface area contributed by atoms with Gasteiger partial charge < -0.3 is 15.0 Å². The van der Waals surface area contributed by atoms with Gasteiger partial charge in [0.15, 0.2) is 0 Å². The number of methoxy groups -OCH3 is 1. The van der Waals surface area contributed by atoms with Crippen LogP contribution >= 0.6 is 0 Å². The Morgan fingerprint density at radius 2 is 2.62 bits per heavy atom. The Bertz CT molecular complexity index is 236. The largest absolute Gasteiger partial charge is 0.466 e. The van der Waals surface area contributed by atoms with Crippen LogP contribution in [0.5, 0.6) is 0 Å². The Morgan fingerprint density at radius 1 is 1.85 bits per heavy atom. The second-order valence-corrected chi connectivity index (χ2v) is 2.71. The van der Waals surface area contributed by atoms with Crippen LogP contribution in [0.1, 0.15) is 0 Å². The lowest BCUT2D eigenvalue weighted by Gasteiger charge is -2.15. The highest BCUT2D eigenvalue weighted by molar-refractivity contribution is 5.82. The molecule has 4 nitrogen and oxygen atoms in total. The molecule has 0 aromatic carbocycles. The average molecular weight is 182 g/mol. The van der Waals surface area contributed by atoms with Gasteiger partial charge >= 0.3 is 5.97 Å². The van der Waals surface area contributed by atoms with E-state index in [9.17, 15) is 4.79 Å². The lowest BCUT2D eigenvalue weighted by atomic mass is 10.4. The van der Waals surface area contributed by atoms with Crippen LogP contribution in [0.4, 0.5) is 0 Å². The molecule has 1 fully saturated rings. The smallest absolute Gasteiger partial charge is 0.334 e. The third kappa shape index (κ3) is 2.50. The van der Waals surface area contributed by atoms with Crippen LogP contribution in [0.3, 0.4) is 0 Å². The van der Waals surface area contributed by atoms with E-state index < -0.39 is 0 Å². The number of carbonyl (C=O) groups is 1. The minimum absolute atomic E-state index is 0.335. The number of esters is 1. The van der Waals surface area contributed by atoms with Gasteiger partial charge in [0.05, 0.1) is 13.2 Å². The first-order valence-electron chi connectivity index (χ1n) is 4.17. The van der Waals surface area contributed by atoms with Crippen LogP contribution in [-0.2, 0) is 9.53 Å². The maximum absolute atomic E-state index is 10.9. The molecule has 1 aliphatic heterocycles. The van der Waals surface area contributed by atoms with Gasteiger partial charge in [-0.1, -0.05) is 6.08 Å². The van der Waals surface area contributed by atoms with Crippen molar-refractivity contribution in [2.75, 3.05) is 26.7 Å². The number of nitrogens with one attached hydrogen (secondary N) is 1. The van der Waals surface area contributed by atoms with E-state index in [1.807, 2.05) is 4.90 Å². The topological polar surface area (TPSA) is 41.6 Å². The Kier molecular flexibility index (Phi) is 3.37. The SMILES string of the molecule is C=CCN1CCN/C1=C\C(=O)OC. The van der Waals surface area contributed by atoms with Crippen molar-refractivity contribution in [2.24, 2.45) is 0 Å². The predicted molar refractivity (Wildman–Crippen MR) is 49.9 cm³/mol. The van der Waals surface area contributed by atoms with Gasteiger partial charge in [0, 0.05) is 19.6 Å². The summed E-state index contributed by atoms with van der Waals surface area (Å²) in [5.41, 5.74) is 0. The molecule has 0 spiro atoms. The summed E-state index contributed by atoms with van der Waals surface area (Å²) >= 11 is 0. The van der Waals surface area contributed by atoms with Crippen LogP contribution < -0.4 is 5.32 Å². The van der Waals surface area contributed by atoms with Crippen LogP contribution in [0.2, 0.25) is 0 Å². The van der Waals surface area contributed by atoms with Gasteiger partial charge in [0.1, 0.15) is 5.82 Å². The van der Waals surface area contributed by atoms with Gasteiger partial charge in [0.25, 0.3) is 0 Å². The lowest BCUT2D eigenvalue weighted by Crippen LogP contribution is -2.21. The van der Waals surface area contributed by atoms with Crippen molar-refractivity contribution in [1.82, 2.24) is 10.2 Å².